The van der Waals surface area contributed by atoms with Gasteiger partial charge in [-0.3, -0.25) is 9.69 Å². The summed E-state index contributed by atoms with van der Waals surface area (Å²) >= 11 is 0. The van der Waals surface area contributed by atoms with Crippen molar-refractivity contribution in [2.45, 2.75) is 13.8 Å². The third kappa shape index (κ3) is 5.91. The largest absolute Gasteiger partial charge is 0.508 e. The van der Waals surface area contributed by atoms with Crippen molar-refractivity contribution < 1.29 is 19.4 Å². The van der Waals surface area contributed by atoms with Crippen molar-refractivity contribution in [3.63, 3.8) is 0 Å². The van der Waals surface area contributed by atoms with E-state index in [0.717, 1.165) is 11.3 Å². The number of aromatic hydroxyl groups is 1. The Hall–Kier alpha value is -4.58. The highest BCUT2D eigenvalue weighted by Crippen LogP contribution is 2.27. The molecular weight excluding hydrogens is 452 g/mol. The van der Waals surface area contributed by atoms with Gasteiger partial charge < -0.3 is 14.6 Å². The minimum atomic E-state index is -0.285. The van der Waals surface area contributed by atoms with Gasteiger partial charge in [-0.2, -0.15) is 0 Å². The summed E-state index contributed by atoms with van der Waals surface area (Å²) in [6.45, 7) is 4.98. The molecule has 0 aliphatic carbocycles. The van der Waals surface area contributed by atoms with E-state index in [1.807, 2.05) is 92.7 Å². The SMILES string of the molecule is CCOc1ccc(N=C(c2ccccc2)N(C(=O)c2ccc(O)cc2)c2ccc(OCC)cc2)cc1. The van der Waals surface area contributed by atoms with E-state index in [1.165, 1.54) is 12.1 Å². The van der Waals surface area contributed by atoms with Crippen molar-refractivity contribution in [3.05, 3.63) is 114 Å². The highest BCUT2D eigenvalue weighted by atomic mass is 16.5. The van der Waals surface area contributed by atoms with Gasteiger partial charge in [0.2, 0.25) is 0 Å². The molecule has 0 spiro atoms. The minimum absolute atomic E-state index is 0.0884. The molecule has 0 unspecified atom stereocenters. The van der Waals surface area contributed by atoms with Gasteiger partial charge in [-0.05, 0) is 86.6 Å². The molecule has 0 aromatic heterocycles. The van der Waals surface area contributed by atoms with E-state index in [1.54, 1.807) is 17.0 Å². The number of nitrogens with zero attached hydrogens (tertiary/aromatic N) is 2. The lowest BCUT2D eigenvalue weighted by Crippen LogP contribution is -2.37. The van der Waals surface area contributed by atoms with Crippen molar-refractivity contribution in [2.24, 2.45) is 4.99 Å². The summed E-state index contributed by atoms with van der Waals surface area (Å²) in [5.41, 5.74) is 2.49. The maximum Gasteiger partial charge on any atom is 0.264 e. The third-order valence-electron chi connectivity index (χ3n) is 5.35. The molecule has 0 aliphatic rings. The van der Waals surface area contributed by atoms with E-state index in [2.05, 4.69) is 0 Å². The number of hydrogen-bond acceptors (Lipinski definition) is 5. The Kier molecular flexibility index (Phi) is 7.98. The Bertz CT molecular complexity index is 1300. The number of anilines is 1. The average molecular weight is 481 g/mol. The molecule has 0 heterocycles. The maximum absolute atomic E-state index is 13.9. The lowest BCUT2D eigenvalue weighted by Gasteiger charge is -2.25. The minimum Gasteiger partial charge on any atom is -0.508 e. The number of carbonyl (C=O) groups excluding carboxylic acids is 1. The highest BCUT2D eigenvalue weighted by molar-refractivity contribution is 6.28. The van der Waals surface area contributed by atoms with Crippen LogP contribution in [0.25, 0.3) is 0 Å². The first kappa shape index (κ1) is 24.5. The fraction of sp³-hybridized carbons (Fsp3) is 0.133. The topological polar surface area (TPSA) is 71.4 Å². The number of rotatable bonds is 8. The first-order chi connectivity index (χ1) is 17.6. The summed E-state index contributed by atoms with van der Waals surface area (Å²) in [5, 5.41) is 9.74. The summed E-state index contributed by atoms with van der Waals surface area (Å²) in [6, 6.07) is 30.5. The molecular formula is C30H28N2O4. The van der Waals surface area contributed by atoms with Crippen LogP contribution in [0, 0.1) is 0 Å². The molecule has 36 heavy (non-hydrogen) atoms. The van der Waals surface area contributed by atoms with Gasteiger partial charge in [0.05, 0.1) is 24.6 Å². The Balaban J connectivity index is 1.86. The lowest BCUT2D eigenvalue weighted by molar-refractivity contribution is 0.100. The number of ether oxygens (including phenoxy) is 2. The van der Waals surface area contributed by atoms with Crippen molar-refractivity contribution in [2.75, 3.05) is 18.1 Å². The first-order valence-electron chi connectivity index (χ1n) is 11.8. The number of amides is 1. The molecule has 0 radical (unpaired) electrons. The zero-order chi connectivity index (χ0) is 25.3. The van der Waals surface area contributed by atoms with E-state index in [9.17, 15) is 9.90 Å². The second-order valence-corrected chi connectivity index (χ2v) is 7.84. The summed E-state index contributed by atoms with van der Waals surface area (Å²) in [7, 11) is 0. The van der Waals surface area contributed by atoms with E-state index in [-0.39, 0.29) is 11.7 Å². The van der Waals surface area contributed by atoms with E-state index in [4.69, 9.17) is 14.5 Å². The predicted octanol–water partition coefficient (Wildman–Crippen LogP) is 6.61. The van der Waals surface area contributed by atoms with Crippen LogP contribution in [0.3, 0.4) is 0 Å². The van der Waals surface area contributed by atoms with Crippen LogP contribution in [-0.4, -0.2) is 30.1 Å². The van der Waals surface area contributed by atoms with Crippen molar-refractivity contribution >= 4 is 23.1 Å². The van der Waals surface area contributed by atoms with E-state index >= 15 is 0 Å². The fourth-order valence-corrected chi connectivity index (χ4v) is 3.66. The Morgan fingerprint density at radius 2 is 1.28 bits per heavy atom. The molecule has 4 aromatic carbocycles. The molecule has 0 saturated carbocycles. The van der Waals surface area contributed by atoms with Crippen LogP contribution >= 0.6 is 0 Å². The summed E-state index contributed by atoms with van der Waals surface area (Å²) in [4.78, 5) is 20.4. The molecule has 0 atom stereocenters. The highest BCUT2D eigenvalue weighted by Gasteiger charge is 2.25. The van der Waals surface area contributed by atoms with Crippen LogP contribution in [0.1, 0.15) is 29.8 Å². The zero-order valence-electron chi connectivity index (χ0n) is 20.3. The second kappa shape index (κ2) is 11.7. The number of phenolic OH excluding ortho intramolecular Hbond substituents is 1. The Morgan fingerprint density at radius 3 is 1.83 bits per heavy atom. The molecule has 6 nitrogen and oxygen atoms in total. The number of hydrogen-bond donors (Lipinski definition) is 1. The zero-order valence-corrected chi connectivity index (χ0v) is 20.3. The average Bonchev–Trinajstić information content (AvgIpc) is 2.91. The quantitative estimate of drug-likeness (QED) is 0.227. The standard InChI is InChI=1S/C30H28N2O4/c1-3-35-27-18-12-24(13-19-27)31-29(22-8-6-5-7-9-22)32(25-14-20-28(21-15-25)36-4-2)30(34)23-10-16-26(33)17-11-23/h5-21,33H,3-4H2,1-2H3. The Labute approximate surface area is 211 Å². The van der Waals surface area contributed by atoms with Gasteiger partial charge in [0.15, 0.2) is 0 Å². The van der Waals surface area contributed by atoms with Crippen molar-refractivity contribution in [1.82, 2.24) is 0 Å². The van der Waals surface area contributed by atoms with Gasteiger partial charge in [0, 0.05) is 11.1 Å². The Morgan fingerprint density at radius 1 is 0.722 bits per heavy atom. The molecule has 1 N–H and O–H groups in total. The number of phenols is 1. The normalized spacial score (nSPS) is 11.1. The molecule has 1 amide bonds. The molecule has 182 valence electrons. The smallest absolute Gasteiger partial charge is 0.264 e. The molecule has 0 saturated heterocycles. The molecule has 0 aliphatic heterocycles. The van der Waals surface area contributed by atoms with Crippen molar-refractivity contribution in [1.29, 1.82) is 0 Å². The molecule has 4 rings (SSSR count). The molecule has 0 bridgehead atoms. The monoisotopic (exact) mass is 480 g/mol. The van der Waals surface area contributed by atoms with Crippen LogP contribution in [0.5, 0.6) is 17.2 Å². The maximum atomic E-state index is 13.9. The lowest BCUT2D eigenvalue weighted by atomic mass is 10.1. The van der Waals surface area contributed by atoms with Gasteiger partial charge in [-0.25, -0.2) is 4.99 Å². The molecule has 6 heteroatoms. The van der Waals surface area contributed by atoms with Gasteiger partial charge in [-0.1, -0.05) is 30.3 Å². The summed E-state index contributed by atoms with van der Waals surface area (Å²) in [6.07, 6.45) is 0. The van der Waals surface area contributed by atoms with E-state index in [0.29, 0.717) is 41.7 Å². The van der Waals surface area contributed by atoms with Gasteiger partial charge in [0.25, 0.3) is 5.91 Å². The molecule has 0 fully saturated rings. The van der Waals surface area contributed by atoms with Gasteiger partial charge in [0.1, 0.15) is 23.1 Å². The number of benzene rings is 4. The number of amidine groups is 1. The van der Waals surface area contributed by atoms with E-state index < -0.39 is 0 Å². The van der Waals surface area contributed by atoms with Crippen LogP contribution < -0.4 is 14.4 Å². The number of carbonyl (C=O) groups is 1. The second-order valence-electron chi connectivity index (χ2n) is 7.84. The molecule has 4 aromatic rings. The predicted molar refractivity (Wildman–Crippen MR) is 143 cm³/mol. The van der Waals surface area contributed by atoms with Gasteiger partial charge >= 0.3 is 0 Å². The van der Waals surface area contributed by atoms with Crippen LogP contribution in [0.4, 0.5) is 11.4 Å². The number of aliphatic imine (C=N–C) groups is 1. The van der Waals surface area contributed by atoms with Crippen LogP contribution in [-0.2, 0) is 0 Å². The summed E-state index contributed by atoms with van der Waals surface area (Å²) in [5.74, 6) is 1.73. The first-order valence-corrected chi connectivity index (χ1v) is 11.8. The van der Waals surface area contributed by atoms with Crippen LogP contribution in [0.2, 0.25) is 0 Å². The van der Waals surface area contributed by atoms with Crippen LogP contribution in [0.15, 0.2) is 108 Å². The third-order valence-corrected chi connectivity index (χ3v) is 5.35. The van der Waals surface area contributed by atoms with Crippen molar-refractivity contribution in [3.8, 4) is 17.2 Å². The fourth-order valence-electron chi connectivity index (χ4n) is 3.66. The van der Waals surface area contributed by atoms with Gasteiger partial charge in [-0.15, -0.1) is 0 Å². The summed E-state index contributed by atoms with van der Waals surface area (Å²) < 4.78 is 11.2.